The first-order chi connectivity index (χ1) is 13.1. The van der Waals surface area contributed by atoms with E-state index in [1.807, 2.05) is 42.5 Å². The van der Waals surface area contributed by atoms with Gasteiger partial charge in [-0.3, -0.25) is 9.78 Å². The molecule has 1 aromatic carbocycles. The lowest BCUT2D eigenvalue weighted by atomic mass is 9.87. The minimum absolute atomic E-state index is 0.0464. The van der Waals surface area contributed by atoms with E-state index in [0.29, 0.717) is 17.1 Å². The Bertz CT molecular complexity index is 1040. The van der Waals surface area contributed by atoms with Crippen LogP contribution in [0.1, 0.15) is 34.9 Å². The van der Waals surface area contributed by atoms with Crippen molar-refractivity contribution in [3.63, 3.8) is 0 Å². The van der Waals surface area contributed by atoms with Crippen molar-refractivity contribution in [3.05, 3.63) is 87.7 Å². The summed E-state index contributed by atoms with van der Waals surface area (Å²) >= 11 is 0. The normalized spacial score (nSPS) is 15.7. The van der Waals surface area contributed by atoms with E-state index in [4.69, 9.17) is 13.9 Å². The molecule has 0 bridgehead atoms. The van der Waals surface area contributed by atoms with E-state index in [0.717, 1.165) is 11.3 Å². The number of para-hydroxylation sites is 1. The minimum atomic E-state index is -0.498. The first kappa shape index (κ1) is 17.0. The molecule has 0 saturated carbocycles. The molecule has 1 aliphatic rings. The van der Waals surface area contributed by atoms with Crippen LogP contribution in [-0.4, -0.2) is 11.0 Å². The Morgan fingerprint density at radius 3 is 2.78 bits per heavy atom. The van der Waals surface area contributed by atoms with Gasteiger partial charge in [-0.05, 0) is 25.1 Å². The highest BCUT2D eigenvalue weighted by atomic mass is 16.5. The Morgan fingerprint density at radius 2 is 1.96 bits per heavy atom. The molecule has 2 aromatic heterocycles. The number of carbonyl (C=O) groups excluding carboxylic acids is 1. The number of carbonyl (C=O) groups is 1. The average molecular weight is 363 g/mol. The number of fused-ring (bicyclic) bond motifs is 1. The summed E-state index contributed by atoms with van der Waals surface area (Å²) < 4.78 is 16.4. The van der Waals surface area contributed by atoms with Gasteiger partial charge in [-0.1, -0.05) is 24.3 Å². The Balaban J connectivity index is 1.72. The standard InChI is InChI=1S/C21H17NO5/c1-13-10-18-20(21(24)26-13)16(11-19(23)27-18)15-7-2-3-8-17(15)25-12-14-6-4-5-9-22-14/h2-10,16H,11-12H2,1H3/t16-/m1/s1. The van der Waals surface area contributed by atoms with Crippen LogP contribution in [0.25, 0.3) is 0 Å². The van der Waals surface area contributed by atoms with Gasteiger partial charge in [0.2, 0.25) is 0 Å². The molecular weight excluding hydrogens is 346 g/mol. The number of aromatic nitrogens is 1. The van der Waals surface area contributed by atoms with Gasteiger partial charge in [0, 0.05) is 23.7 Å². The Hall–Kier alpha value is -3.41. The molecule has 0 unspecified atom stereocenters. The molecule has 0 fully saturated rings. The van der Waals surface area contributed by atoms with Gasteiger partial charge < -0.3 is 13.9 Å². The molecule has 1 atom stereocenters. The number of hydrogen-bond donors (Lipinski definition) is 0. The van der Waals surface area contributed by atoms with E-state index < -0.39 is 17.5 Å². The Kier molecular flexibility index (Phi) is 4.46. The van der Waals surface area contributed by atoms with Crippen molar-refractivity contribution in [3.8, 4) is 11.5 Å². The van der Waals surface area contributed by atoms with Crippen LogP contribution in [0, 0.1) is 6.92 Å². The number of benzene rings is 1. The molecule has 0 saturated heterocycles. The second-order valence-corrected chi connectivity index (χ2v) is 6.30. The highest BCUT2D eigenvalue weighted by Gasteiger charge is 2.33. The van der Waals surface area contributed by atoms with E-state index >= 15 is 0 Å². The third-order valence-corrected chi connectivity index (χ3v) is 4.41. The molecule has 3 heterocycles. The van der Waals surface area contributed by atoms with E-state index in [1.165, 1.54) is 0 Å². The molecule has 3 aromatic rings. The fraction of sp³-hybridized carbons (Fsp3) is 0.190. The molecule has 136 valence electrons. The van der Waals surface area contributed by atoms with Crippen molar-refractivity contribution >= 4 is 5.97 Å². The van der Waals surface area contributed by atoms with Gasteiger partial charge in [-0.15, -0.1) is 0 Å². The predicted molar refractivity (Wildman–Crippen MR) is 96.8 cm³/mol. The maximum atomic E-state index is 12.5. The Labute approximate surface area is 155 Å². The van der Waals surface area contributed by atoms with E-state index in [2.05, 4.69) is 4.98 Å². The van der Waals surface area contributed by atoms with Crippen LogP contribution in [0.15, 0.2) is 63.9 Å². The van der Waals surface area contributed by atoms with E-state index in [9.17, 15) is 9.59 Å². The van der Waals surface area contributed by atoms with Gasteiger partial charge in [0.15, 0.2) is 0 Å². The fourth-order valence-electron chi connectivity index (χ4n) is 3.23. The molecule has 0 N–H and O–H groups in total. The lowest BCUT2D eigenvalue weighted by Crippen LogP contribution is -2.27. The van der Waals surface area contributed by atoms with Crippen molar-refractivity contribution < 1.29 is 18.7 Å². The molecule has 4 rings (SSSR count). The summed E-state index contributed by atoms with van der Waals surface area (Å²) in [6.45, 7) is 1.92. The van der Waals surface area contributed by atoms with Crippen LogP contribution < -0.4 is 15.1 Å². The zero-order chi connectivity index (χ0) is 18.8. The number of rotatable bonds is 4. The van der Waals surface area contributed by atoms with Crippen LogP contribution in [0.2, 0.25) is 0 Å². The summed E-state index contributed by atoms with van der Waals surface area (Å²) in [5.41, 5.74) is 1.37. The van der Waals surface area contributed by atoms with Gasteiger partial charge in [0.05, 0.1) is 17.7 Å². The average Bonchev–Trinajstić information content (AvgIpc) is 2.66. The summed E-state index contributed by atoms with van der Waals surface area (Å²) in [5.74, 6) is 0.361. The first-order valence-corrected chi connectivity index (χ1v) is 8.59. The molecule has 6 nitrogen and oxygen atoms in total. The Morgan fingerprint density at radius 1 is 1.15 bits per heavy atom. The van der Waals surface area contributed by atoms with Crippen LogP contribution >= 0.6 is 0 Å². The largest absolute Gasteiger partial charge is 0.487 e. The maximum absolute atomic E-state index is 12.5. The van der Waals surface area contributed by atoms with Crippen molar-refractivity contribution in [2.75, 3.05) is 0 Å². The summed E-state index contributed by atoms with van der Waals surface area (Å²) in [7, 11) is 0. The van der Waals surface area contributed by atoms with Crippen molar-refractivity contribution in [2.24, 2.45) is 0 Å². The van der Waals surface area contributed by atoms with Crippen LogP contribution in [-0.2, 0) is 11.4 Å². The third-order valence-electron chi connectivity index (χ3n) is 4.41. The molecular formula is C21H17NO5. The quantitative estimate of drug-likeness (QED) is 0.662. The van der Waals surface area contributed by atoms with Crippen LogP contribution in [0.3, 0.4) is 0 Å². The van der Waals surface area contributed by atoms with E-state index in [-0.39, 0.29) is 18.8 Å². The zero-order valence-electron chi connectivity index (χ0n) is 14.7. The summed E-state index contributed by atoms with van der Waals surface area (Å²) in [6.07, 6.45) is 1.75. The highest BCUT2D eigenvalue weighted by molar-refractivity contribution is 5.77. The third kappa shape index (κ3) is 3.46. The van der Waals surface area contributed by atoms with Crippen LogP contribution in [0.5, 0.6) is 11.5 Å². The number of nitrogens with zero attached hydrogens (tertiary/aromatic N) is 1. The monoisotopic (exact) mass is 363 g/mol. The number of aryl methyl sites for hydroxylation is 1. The van der Waals surface area contributed by atoms with Crippen molar-refractivity contribution in [1.29, 1.82) is 0 Å². The SMILES string of the molecule is Cc1cc2c(c(=O)o1)[C@@H](c1ccccc1OCc1ccccn1)CC(=O)O2. The van der Waals surface area contributed by atoms with Gasteiger partial charge in [0.25, 0.3) is 0 Å². The van der Waals surface area contributed by atoms with Crippen molar-refractivity contribution in [1.82, 2.24) is 4.98 Å². The minimum Gasteiger partial charge on any atom is -0.487 e. The van der Waals surface area contributed by atoms with Crippen molar-refractivity contribution in [2.45, 2.75) is 25.9 Å². The van der Waals surface area contributed by atoms with Crippen LogP contribution in [0.4, 0.5) is 0 Å². The molecule has 27 heavy (non-hydrogen) atoms. The highest BCUT2D eigenvalue weighted by Crippen LogP contribution is 2.40. The molecule has 0 spiro atoms. The zero-order valence-corrected chi connectivity index (χ0v) is 14.7. The molecule has 6 heteroatoms. The molecule has 0 amide bonds. The summed E-state index contributed by atoms with van der Waals surface area (Å²) in [5, 5.41) is 0. The van der Waals surface area contributed by atoms with Gasteiger partial charge in [-0.2, -0.15) is 0 Å². The maximum Gasteiger partial charge on any atom is 0.343 e. The van der Waals surface area contributed by atoms with Gasteiger partial charge in [-0.25, -0.2) is 4.79 Å². The second-order valence-electron chi connectivity index (χ2n) is 6.30. The molecule has 0 radical (unpaired) electrons. The number of ether oxygens (including phenoxy) is 2. The topological polar surface area (TPSA) is 78.6 Å². The number of hydrogen-bond acceptors (Lipinski definition) is 6. The fourth-order valence-corrected chi connectivity index (χ4v) is 3.23. The summed E-state index contributed by atoms with van der Waals surface area (Å²) in [4.78, 5) is 28.8. The molecule has 1 aliphatic heterocycles. The van der Waals surface area contributed by atoms with Gasteiger partial charge in [0.1, 0.15) is 23.9 Å². The number of esters is 1. The first-order valence-electron chi connectivity index (χ1n) is 8.59. The number of pyridine rings is 1. The lowest BCUT2D eigenvalue weighted by molar-refractivity contribution is -0.135. The lowest BCUT2D eigenvalue weighted by Gasteiger charge is -2.25. The second kappa shape index (κ2) is 7.07. The molecule has 0 aliphatic carbocycles. The smallest absolute Gasteiger partial charge is 0.343 e. The van der Waals surface area contributed by atoms with Gasteiger partial charge >= 0.3 is 11.6 Å². The summed E-state index contributed by atoms with van der Waals surface area (Å²) in [6, 6.07) is 14.5. The predicted octanol–water partition coefficient (Wildman–Crippen LogP) is 3.36. The van der Waals surface area contributed by atoms with E-state index in [1.54, 1.807) is 19.2 Å².